The lowest BCUT2D eigenvalue weighted by molar-refractivity contribution is -0.157. The summed E-state index contributed by atoms with van der Waals surface area (Å²) in [6.45, 7) is 2.38. The van der Waals surface area contributed by atoms with E-state index in [0.717, 1.165) is 32.1 Å². The number of carbonyl (C=O) groups is 1. The van der Waals surface area contributed by atoms with Crippen LogP contribution in [0.4, 0.5) is 0 Å². The average molecular weight is 405 g/mol. The molecule has 0 radical (unpaired) electrons. The zero-order chi connectivity index (χ0) is 20.7. The zero-order valence-corrected chi connectivity index (χ0v) is 17.8. The standard InChI is InChI=1S/C27H32O3/c1-27-16-15-22-21-11-9-20(28)17-19(21)8-10-23(22)24(27)12-13-25(27)30-26(29)14-7-18-5-3-2-4-6-18/h2-6,9,11,17,22-25,28H,7-8,10,12-16H2,1H3/t22-,23-,24-,25-,27+/m0/s1. The van der Waals surface area contributed by atoms with Crippen molar-refractivity contribution in [3.8, 4) is 5.75 Å². The summed E-state index contributed by atoms with van der Waals surface area (Å²) in [5.74, 6) is 2.24. The highest BCUT2D eigenvalue weighted by molar-refractivity contribution is 5.70. The highest BCUT2D eigenvalue weighted by Gasteiger charge is 2.56. The van der Waals surface area contributed by atoms with E-state index in [1.54, 1.807) is 0 Å². The Morgan fingerprint density at radius 1 is 1.10 bits per heavy atom. The maximum atomic E-state index is 12.6. The molecule has 0 amide bonds. The first-order chi connectivity index (χ1) is 14.5. The number of benzene rings is 2. The first-order valence-corrected chi connectivity index (χ1v) is 11.6. The SMILES string of the molecule is C[C@@]12CC[C@H]3c4ccc(O)cc4CC[C@@H]3[C@@H]1CC[C@@H]2OC(=O)CCc1ccccc1. The molecule has 0 heterocycles. The van der Waals surface area contributed by atoms with Gasteiger partial charge in [0.25, 0.3) is 0 Å². The van der Waals surface area contributed by atoms with Gasteiger partial charge in [0.15, 0.2) is 0 Å². The third-order valence-electron chi connectivity index (χ3n) is 8.36. The van der Waals surface area contributed by atoms with Gasteiger partial charge < -0.3 is 9.84 Å². The van der Waals surface area contributed by atoms with E-state index in [0.29, 0.717) is 29.9 Å². The maximum absolute atomic E-state index is 12.6. The lowest BCUT2D eigenvalue weighted by Gasteiger charge is -2.50. The van der Waals surface area contributed by atoms with Crippen molar-refractivity contribution in [3.05, 3.63) is 65.2 Å². The molecule has 3 heteroatoms. The number of esters is 1. The molecule has 0 aliphatic heterocycles. The molecule has 0 aromatic heterocycles. The molecule has 158 valence electrons. The van der Waals surface area contributed by atoms with Gasteiger partial charge in [-0.3, -0.25) is 4.79 Å². The molecule has 3 aliphatic carbocycles. The third kappa shape index (κ3) is 3.42. The van der Waals surface area contributed by atoms with Gasteiger partial charge in [-0.05, 0) is 91.5 Å². The number of hydrogen-bond acceptors (Lipinski definition) is 3. The van der Waals surface area contributed by atoms with Crippen LogP contribution in [0.1, 0.15) is 68.1 Å². The number of fused-ring (bicyclic) bond motifs is 5. The highest BCUT2D eigenvalue weighted by Crippen LogP contribution is 2.61. The second kappa shape index (κ2) is 7.76. The Morgan fingerprint density at radius 2 is 1.93 bits per heavy atom. The molecule has 5 rings (SSSR count). The van der Waals surface area contributed by atoms with Gasteiger partial charge in [-0.1, -0.05) is 43.3 Å². The third-order valence-corrected chi connectivity index (χ3v) is 8.36. The quantitative estimate of drug-likeness (QED) is 0.656. The second-order valence-electron chi connectivity index (χ2n) is 9.88. The van der Waals surface area contributed by atoms with Crippen LogP contribution < -0.4 is 0 Å². The summed E-state index contributed by atoms with van der Waals surface area (Å²) >= 11 is 0. The van der Waals surface area contributed by atoms with E-state index in [2.05, 4.69) is 25.1 Å². The molecule has 5 atom stereocenters. The summed E-state index contributed by atoms with van der Waals surface area (Å²) in [6, 6.07) is 16.2. The number of aromatic hydroxyl groups is 1. The van der Waals surface area contributed by atoms with Crippen molar-refractivity contribution in [1.29, 1.82) is 0 Å². The zero-order valence-electron chi connectivity index (χ0n) is 17.8. The van der Waals surface area contributed by atoms with Crippen LogP contribution in [0, 0.1) is 17.3 Å². The van der Waals surface area contributed by atoms with E-state index in [-0.39, 0.29) is 17.5 Å². The fourth-order valence-corrected chi connectivity index (χ4v) is 6.82. The second-order valence-corrected chi connectivity index (χ2v) is 9.88. The van der Waals surface area contributed by atoms with Crippen LogP contribution in [0.2, 0.25) is 0 Å². The maximum Gasteiger partial charge on any atom is 0.306 e. The van der Waals surface area contributed by atoms with Gasteiger partial charge in [-0.25, -0.2) is 0 Å². The van der Waals surface area contributed by atoms with Crippen molar-refractivity contribution in [3.63, 3.8) is 0 Å². The van der Waals surface area contributed by atoms with E-state index in [1.807, 2.05) is 30.3 Å². The monoisotopic (exact) mass is 404 g/mol. The number of aryl methyl sites for hydroxylation is 2. The molecule has 0 spiro atoms. The summed E-state index contributed by atoms with van der Waals surface area (Å²) in [6.07, 6.45) is 7.97. The normalized spacial score (nSPS) is 32.0. The van der Waals surface area contributed by atoms with Crippen LogP contribution in [-0.4, -0.2) is 17.2 Å². The summed E-state index contributed by atoms with van der Waals surface area (Å²) in [5.41, 5.74) is 4.09. The molecule has 3 nitrogen and oxygen atoms in total. The molecule has 2 aromatic carbocycles. The van der Waals surface area contributed by atoms with Crippen molar-refractivity contribution in [1.82, 2.24) is 0 Å². The molecule has 0 saturated heterocycles. The van der Waals surface area contributed by atoms with Crippen molar-refractivity contribution >= 4 is 5.97 Å². The predicted molar refractivity (Wildman–Crippen MR) is 117 cm³/mol. The molecule has 0 unspecified atom stereocenters. The molecule has 2 fully saturated rings. The number of phenols is 1. The van der Waals surface area contributed by atoms with E-state index in [1.165, 1.54) is 29.5 Å². The number of hydrogen-bond donors (Lipinski definition) is 1. The van der Waals surface area contributed by atoms with Crippen LogP contribution in [0.25, 0.3) is 0 Å². The van der Waals surface area contributed by atoms with Crippen LogP contribution in [0.15, 0.2) is 48.5 Å². The Kier molecular flexibility index (Phi) is 5.08. The number of ether oxygens (including phenoxy) is 1. The molecule has 2 saturated carbocycles. The Bertz CT molecular complexity index is 921. The predicted octanol–water partition coefficient (Wildman–Crippen LogP) is 5.79. The van der Waals surface area contributed by atoms with Gasteiger partial charge in [-0.15, -0.1) is 0 Å². The lowest BCUT2D eigenvalue weighted by Crippen LogP contribution is -2.45. The molecule has 3 aliphatic rings. The van der Waals surface area contributed by atoms with Gasteiger partial charge in [0.05, 0.1) is 0 Å². The Morgan fingerprint density at radius 3 is 2.77 bits per heavy atom. The lowest BCUT2D eigenvalue weighted by atomic mass is 9.55. The van der Waals surface area contributed by atoms with Gasteiger partial charge in [0.2, 0.25) is 0 Å². The fraction of sp³-hybridized carbons (Fsp3) is 0.519. The first kappa shape index (κ1) is 19.7. The smallest absolute Gasteiger partial charge is 0.306 e. The topological polar surface area (TPSA) is 46.5 Å². The van der Waals surface area contributed by atoms with Gasteiger partial charge in [0, 0.05) is 11.8 Å². The summed E-state index contributed by atoms with van der Waals surface area (Å²) in [4.78, 5) is 12.6. The molecule has 0 bridgehead atoms. The molecular weight excluding hydrogens is 372 g/mol. The minimum Gasteiger partial charge on any atom is -0.508 e. The van der Waals surface area contributed by atoms with E-state index in [4.69, 9.17) is 4.74 Å². The van der Waals surface area contributed by atoms with Crippen molar-refractivity contribution in [2.24, 2.45) is 17.3 Å². The number of phenolic OH excluding ortho intramolecular Hbond substituents is 1. The largest absolute Gasteiger partial charge is 0.508 e. The van der Waals surface area contributed by atoms with Crippen LogP contribution >= 0.6 is 0 Å². The van der Waals surface area contributed by atoms with E-state index < -0.39 is 0 Å². The Hall–Kier alpha value is -2.29. The van der Waals surface area contributed by atoms with Gasteiger partial charge in [0.1, 0.15) is 11.9 Å². The van der Waals surface area contributed by atoms with Gasteiger partial charge >= 0.3 is 5.97 Å². The first-order valence-electron chi connectivity index (χ1n) is 11.6. The van der Waals surface area contributed by atoms with Crippen LogP contribution in [0.5, 0.6) is 5.75 Å². The summed E-state index contributed by atoms with van der Waals surface area (Å²) in [5, 5.41) is 9.86. The number of carbonyl (C=O) groups excluding carboxylic acids is 1. The van der Waals surface area contributed by atoms with Crippen LogP contribution in [0.3, 0.4) is 0 Å². The molecule has 2 aromatic rings. The summed E-state index contributed by atoms with van der Waals surface area (Å²) in [7, 11) is 0. The Labute approximate surface area is 179 Å². The minimum absolute atomic E-state index is 0.0442. The van der Waals surface area contributed by atoms with Crippen LogP contribution in [-0.2, 0) is 22.4 Å². The minimum atomic E-state index is -0.0442. The van der Waals surface area contributed by atoms with Crippen molar-refractivity contribution < 1.29 is 14.6 Å². The fourth-order valence-electron chi connectivity index (χ4n) is 6.82. The van der Waals surface area contributed by atoms with Crippen molar-refractivity contribution in [2.75, 3.05) is 0 Å². The van der Waals surface area contributed by atoms with Crippen molar-refractivity contribution in [2.45, 2.75) is 70.3 Å². The average Bonchev–Trinajstić information content (AvgIpc) is 3.09. The summed E-state index contributed by atoms with van der Waals surface area (Å²) < 4.78 is 6.10. The van der Waals surface area contributed by atoms with E-state index in [9.17, 15) is 9.90 Å². The Balaban J connectivity index is 1.26. The molecule has 30 heavy (non-hydrogen) atoms. The molecular formula is C27H32O3. The number of rotatable bonds is 4. The van der Waals surface area contributed by atoms with Gasteiger partial charge in [-0.2, -0.15) is 0 Å². The molecule has 1 N–H and O–H groups in total. The van der Waals surface area contributed by atoms with E-state index >= 15 is 0 Å². The highest BCUT2D eigenvalue weighted by atomic mass is 16.5.